The van der Waals surface area contributed by atoms with Crippen LogP contribution in [0.2, 0.25) is 0 Å². The van der Waals surface area contributed by atoms with Crippen LogP contribution in [0.1, 0.15) is 17.4 Å². The molecule has 0 aliphatic carbocycles. The first-order chi connectivity index (χ1) is 8.72. The molecule has 1 aromatic rings. The lowest BCUT2D eigenvalue weighted by molar-refractivity contribution is 0.0789. The van der Waals surface area contributed by atoms with Crippen molar-refractivity contribution in [2.75, 3.05) is 25.0 Å². The summed E-state index contributed by atoms with van der Waals surface area (Å²) in [4.78, 5) is 17.1. The van der Waals surface area contributed by atoms with Crippen LogP contribution in [0, 0.1) is 22.7 Å². The van der Waals surface area contributed by atoms with E-state index in [1.807, 2.05) is 19.1 Å². The maximum Gasteiger partial charge on any atom is 0.274 e. The molecule has 6 nitrogen and oxygen atoms in total. The molecule has 18 heavy (non-hydrogen) atoms. The van der Waals surface area contributed by atoms with Crippen molar-refractivity contribution in [1.82, 2.24) is 9.88 Å². The maximum absolute atomic E-state index is 12.0. The summed E-state index contributed by atoms with van der Waals surface area (Å²) >= 11 is 0. The molecule has 1 aromatic heterocycles. The minimum absolute atomic E-state index is 0.125. The van der Waals surface area contributed by atoms with Gasteiger partial charge in [0.25, 0.3) is 5.91 Å². The average Bonchev–Trinajstić information content (AvgIpc) is 2.38. The van der Waals surface area contributed by atoms with Gasteiger partial charge in [-0.3, -0.25) is 9.78 Å². The summed E-state index contributed by atoms with van der Waals surface area (Å²) in [5.41, 5.74) is 1.00. The molecule has 1 amide bonds. The number of anilines is 1. The summed E-state index contributed by atoms with van der Waals surface area (Å²) in [6.45, 7) is 2.43. The van der Waals surface area contributed by atoms with Gasteiger partial charge in [0.1, 0.15) is 18.8 Å². The second-order valence-corrected chi connectivity index (χ2v) is 3.44. The van der Waals surface area contributed by atoms with Crippen molar-refractivity contribution < 1.29 is 4.79 Å². The van der Waals surface area contributed by atoms with E-state index in [4.69, 9.17) is 10.5 Å². The lowest BCUT2D eigenvalue weighted by Gasteiger charge is -2.15. The van der Waals surface area contributed by atoms with Gasteiger partial charge in [-0.05, 0) is 19.1 Å². The largest absolute Gasteiger partial charge is 0.385 e. The Morgan fingerprint density at radius 2 is 2.11 bits per heavy atom. The number of aromatic nitrogens is 1. The molecule has 0 saturated carbocycles. The number of pyridine rings is 1. The van der Waals surface area contributed by atoms with Crippen molar-refractivity contribution in [2.24, 2.45) is 0 Å². The Labute approximate surface area is 105 Å². The van der Waals surface area contributed by atoms with Crippen LogP contribution in [0.5, 0.6) is 0 Å². The summed E-state index contributed by atoms with van der Waals surface area (Å²) in [6, 6.07) is 7.06. The maximum atomic E-state index is 12.0. The van der Waals surface area contributed by atoms with Gasteiger partial charge in [0.05, 0.1) is 12.1 Å². The van der Waals surface area contributed by atoms with E-state index in [9.17, 15) is 4.79 Å². The molecular formula is C12H13N5O. The van der Waals surface area contributed by atoms with Crippen molar-refractivity contribution in [1.29, 1.82) is 10.5 Å². The lowest BCUT2D eigenvalue weighted by Crippen LogP contribution is -2.32. The fourth-order valence-corrected chi connectivity index (χ4v) is 1.39. The fourth-order valence-electron chi connectivity index (χ4n) is 1.39. The molecule has 1 N–H and O–H groups in total. The standard InChI is InChI=1S/C12H13N5O/c1-2-15-10-3-6-16-11(9-10)12(18)17(7-4-13)8-5-14/h3,6,9H,2,7-8H2,1H3,(H,15,16). The summed E-state index contributed by atoms with van der Waals surface area (Å²) in [5, 5.41) is 20.3. The van der Waals surface area contributed by atoms with Crippen LogP contribution >= 0.6 is 0 Å². The van der Waals surface area contributed by atoms with Gasteiger partial charge in [0, 0.05) is 18.4 Å². The third-order valence-corrected chi connectivity index (χ3v) is 2.17. The molecule has 1 rings (SSSR count). The van der Waals surface area contributed by atoms with Gasteiger partial charge < -0.3 is 10.2 Å². The number of hydrogen-bond acceptors (Lipinski definition) is 5. The number of carbonyl (C=O) groups is 1. The number of nitrogens with one attached hydrogen (secondary N) is 1. The number of rotatable bonds is 5. The second-order valence-electron chi connectivity index (χ2n) is 3.44. The van der Waals surface area contributed by atoms with Crippen LogP contribution in [0.4, 0.5) is 5.69 Å². The van der Waals surface area contributed by atoms with Gasteiger partial charge in [-0.1, -0.05) is 0 Å². The first kappa shape index (κ1) is 13.5. The molecule has 6 heteroatoms. The molecule has 0 spiro atoms. The molecule has 0 radical (unpaired) electrons. The van der Waals surface area contributed by atoms with Crippen molar-refractivity contribution in [3.05, 3.63) is 24.0 Å². The van der Waals surface area contributed by atoms with E-state index in [-0.39, 0.29) is 18.8 Å². The number of nitriles is 2. The zero-order valence-electron chi connectivity index (χ0n) is 10.1. The van der Waals surface area contributed by atoms with Crippen LogP contribution in [-0.4, -0.2) is 35.4 Å². The second kappa shape index (κ2) is 6.87. The average molecular weight is 243 g/mol. The van der Waals surface area contributed by atoms with Crippen LogP contribution in [-0.2, 0) is 0 Å². The number of carbonyl (C=O) groups excluding carboxylic acids is 1. The molecular weight excluding hydrogens is 230 g/mol. The molecule has 1 heterocycles. The van der Waals surface area contributed by atoms with Crippen LogP contribution in [0.15, 0.2) is 18.3 Å². The van der Waals surface area contributed by atoms with E-state index in [0.717, 1.165) is 17.1 Å². The highest BCUT2D eigenvalue weighted by atomic mass is 16.2. The molecule has 0 aliphatic rings. The Morgan fingerprint density at radius 3 is 2.67 bits per heavy atom. The van der Waals surface area contributed by atoms with Gasteiger partial charge in [-0.25, -0.2) is 0 Å². The Kier molecular flexibility index (Phi) is 5.14. The summed E-state index contributed by atoms with van der Waals surface area (Å²) in [5.74, 6) is -0.419. The van der Waals surface area contributed by atoms with E-state index in [2.05, 4.69) is 10.3 Å². The molecule has 0 aliphatic heterocycles. The van der Waals surface area contributed by atoms with Gasteiger partial charge in [0.15, 0.2) is 0 Å². The third kappa shape index (κ3) is 3.46. The third-order valence-electron chi connectivity index (χ3n) is 2.17. The fraction of sp³-hybridized carbons (Fsp3) is 0.333. The van der Waals surface area contributed by atoms with Crippen molar-refractivity contribution in [3.8, 4) is 12.1 Å². The van der Waals surface area contributed by atoms with Crippen LogP contribution in [0.3, 0.4) is 0 Å². The van der Waals surface area contributed by atoms with E-state index >= 15 is 0 Å². The highest BCUT2D eigenvalue weighted by molar-refractivity contribution is 5.93. The lowest BCUT2D eigenvalue weighted by atomic mass is 10.2. The summed E-state index contributed by atoms with van der Waals surface area (Å²) in [7, 11) is 0. The normalized spacial score (nSPS) is 9.06. The number of amides is 1. The van der Waals surface area contributed by atoms with Crippen LogP contribution in [0.25, 0.3) is 0 Å². The minimum atomic E-state index is -0.419. The Balaban J connectivity index is 2.91. The molecule has 92 valence electrons. The predicted octanol–water partition coefficient (Wildman–Crippen LogP) is 1.00. The van der Waals surface area contributed by atoms with Gasteiger partial charge in [-0.2, -0.15) is 10.5 Å². The van der Waals surface area contributed by atoms with Crippen molar-refractivity contribution in [2.45, 2.75) is 6.92 Å². The van der Waals surface area contributed by atoms with Gasteiger partial charge >= 0.3 is 0 Å². The van der Waals surface area contributed by atoms with Crippen molar-refractivity contribution >= 4 is 11.6 Å². The first-order valence-electron chi connectivity index (χ1n) is 5.46. The predicted molar refractivity (Wildman–Crippen MR) is 65.5 cm³/mol. The summed E-state index contributed by atoms with van der Waals surface area (Å²) in [6.07, 6.45) is 1.52. The molecule has 0 saturated heterocycles. The molecule has 0 atom stereocenters. The van der Waals surface area contributed by atoms with E-state index < -0.39 is 5.91 Å². The quantitative estimate of drug-likeness (QED) is 0.779. The van der Waals surface area contributed by atoms with E-state index in [0.29, 0.717) is 0 Å². The molecule has 0 bridgehead atoms. The Morgan fingerprint density at radius 1 is 1.44 bits per heavy atom. The smallest absolute Gasteiger partial charge is 0.274 e. The van der Waals surface area contributed by atoms with Gasteiger partial charge in [-0.15, -0.1) is 0 Å². The van der Waals surface area contributed by atoms with Crippen LogP contribution < -0.4 is 5.32 Å². The van der Waals surface area contributed by atoms with E-state index in [1.165, 1.54) is 6.20 Å². The van der Waals surface area contributed by atoms with Crippen molar-refractivity contribution in [3.63, 3.8) is 0 Å². The topological polar surface area (TPSA) is 92.8 Å². The Hall–Kier alpha value is -2.60. The zero-order valence-corrected chi connectivity index (χ0v) is 10.1. The molecule has 0 aromatic carbocycles. The summed E-state index contributed by atoms with van der Waals surface area (Å²) < 4.78 is 0. The Bertz CT molecular complexity index is 484. The monoisotopic (exact) mass is 243 g/mol. The molecule has 0 fully saturated rings. The molecule has 0 unspecified atom stereocenters. The highest BCUT2D eigenvalue weighted by Crippen LogP contribution is 2.09. The SMILES string of the molecule is CCNc1ccnc(C(=O)N(CC#N)CC#N)c1. The number of nitrogens with zero attached hydrogens (tertiary/aromatic N) is 4. The highest BCUT2D eigenvalue weighted by Gasteiger charge is 2.16. The van der Waals surface area contributed by atoms with E-state index in [1.54, 1.807) is 12.1 Å². The zero-order chi connectivity index (χ0) is 13.4. The van der Waals surface area contributed by atoms with Gasteiger partial charge in [0.2, 0.25) is 0 Å². The minimum Gasteiger partial charge on any atom is -0.385 e. The first-order valence-corrected chi connectivity index (χ1v) is 5.46. The number of hydrogen-bond donors (Lipinski definition) is 1.